The van der Waals surface area contributed by atoms with E-state index in [1.165, 1.54) is 27.3 Å². The lowest BCUT2D eigenvalue weighted by atomic mass is 10.1. The number of anilines is 3. The fraction of sp³-hybridized carbons (Fsp3) is 0.370. The van der Waals surface area contributed by atoms with Gasteiger partial charge in [-0.25, -0.2) is 19.0 Å². The normalized spacial score (nSPS) is 15.8. The molecule has 11 heteroatoms. The Morgan fingerprint density at radius 3 is 2.76 bits per heavy atom. The van der Waals surface area contributed by atoms with E-state index in [1.807, 2.05) is 19.9 Å². The number of aromatic nitrogens is 6. The van der Waals surface area contributed by atoms with Gasteiger partial charge in [-0.15, -0.1) is 11.7 Å². The van der Waals surface area contributed by atoms with Crippen LogP contribution >= 0.6 is 0 Å². The van der Waals surface area contributed by atoms with Crippen LogP contribution in [0.3, 0.4) is 0 Å². The molecule has 1 aliphatic heterocycles. The maximum atomic E-state index is 13.2. The average Bonchev–Trinajstić information content (AvgIpc) is 3.15. The number of hydrogen-bond acceptors (Lipinski definition) is 8. The number of nitrogens with one attached hydrogen (secondary N) is 2. The Kier molecular flexibility index (Phi) is 6.85. The zero-order chi connectivity index (χ0) is 27.0. The largest absolute Gasteiger partial charge is 0.368 e. The van der Waals surface area contributed by atoms with Crippen LogP contribution in [0.2, 0.25) is 0 Å². The van der Waals surface area contributed by atoms with Crippen molar-refractivity contribution in [2.45, 2.75) is 46.3 Å². The second kappa shape index (κ2) is 10.3. The highest BCUT2D eigenvalue weighted by atomic mass is 16.1. The van der Waals surface area contributed by atoms with Gasteiger partial charge in [-0.05, 0) is 57.5 Å². The van der Waals surface area contributed by atoms with Crippen molar-refractivity contribution < 1.29 is 0 Å². The van der Waals surface area contributed by atoms with Gasteiger partial charge < -0.3 is 15.5 Å². The molecule has 0 spiro atoms. The van der Waals surface area contributed by atoms with Gasteiger partial charge in [-0.1, -0.05) is 6.08 Å². The number of hydrogen-bond donors (Lipinski definition) is 2. The van der Waals surface area contributed by atoms with E-state index >= 15 is 0 Å². The molecule has 0 bridgehead atoms. The predicted octanol–water partition coefficient (Wildman–Crippen LogP) is 2.76. The standard InChI is InChI=1S/C27H33N9O2/c1-6-12-34-26(38)21-15-29-27(31-25(21)36(34)23-9-10-24(37)35(32-23)17(2)3)30-20-7-8-22(18(4)14-20)33-13-11-28-19(5)16-33/h6-10,14-15,17,19,28H,1,11-13,16H2,2-5H3,(H,29,30,31)/t19-/m1/s1. The van der Waals surface area contributed by atoms with Gasteiger partial charge in [0.15, 0.2) is 11.5 Å². The molecule has 1 atom stereocenters. The van der Waals surface area contributed by atoms with E-state index < -0.39 is 0 Å². The second-order valence-corrected chi connectivity index (χ2v) is 9.91. The predicted molar refractivity (Wildman–Crippen MR) is 150 cm³/mol. The molecule has 0 aliphatic carbocycles. The Bertz CT molecular complexity index is 1620. The fourth-order valence-electron chi connectivity index (χ4n) is 4.87. The van der Waals surface area contributed by atoms with Crippen molar-refractivity contribution in [3.05, 3.63) is 75.5 Å². The Morgan fingerprint density at radius 2 is 2.05 bits per heavy atom. The lowest BCUT2D eigenvalue weighted by Gasteiger charge is -2.34. The van der Waals surface area contributed by atoms with Gasteiger partial charge in [-0.3, -0.25) is 9.59 Å². The number of benzene rings is 1. The summed E-state index contributed by atoms with van der Waals surface area (Å²) in [6.07, 6.45) is 3.15. The molecule has 4 heterocycles. The number of aryl methyl sites for hydroxylation is 1. The molecule has 198 valence electrons. The van der Waals surface area contributed by atoms with Crippen LogP contribution in [0.1, 0.15) is 32.4 Å². The average molecular weight is 516 g/mol. The van der Waals surface area contributed by atoms with Crippen molar-refractivity contribution in [2.24, 2.45) is 0 Å². The molecule has 0 radical (unpaired) electrons. The first-order valence-corrected chi connectivity index (χ1v) is 12.8. The summed E-state index contributed by atoms with van der Waals surface area (Å²) >= 11 is 0. The summed E-state index contributed by atoms with van der Waals surface area (Å²) < 4.78 is 4.49. The molecule has 11 nitrogen and oxygen atoms in total. The Labute approximate surface area is 220 Å². The number of allylic oxidation sites excluding steroid dienone is 1. The third kappa shape index (κ3) is 4.72. The van der Waals surface area contributed by atoms with E-state index in [2.05, 4.69) is 58.2 Å². The Hall–Kier alpha value is -4.25. The zero-order valence-electron chi connectivity index (χ0n) is 22.2. The highest BCUT2D eigenvalue weighted by Gasteiger charge is 2.20. The lowest BCUT2D eigenvalue weighted by Crippen LogP contribution is -2.49. The van der Waals surface area contributed by atoms with Crippen LogP contribution in [0.25, 0.3) is 16.9 Å². The van der Waals surface area contributed by atoms with Gasteiger partial charge in [0, 0.05) is 49.3 Å². The molecule has 0 unspecified atom stereocenters. The first-order chi connectivity index (χ1) is 18.3. The van der Waals surface area contributed by atoms with Crippen molar-refractivity contribution in [1.29, 1.82) is 0 Å². The minimum absolute atomic E-state index is 0.147. The van der Waals surface area contributed by atoms with Crippen LogP contribution in [-0.4, -0.2) is 54.8 Å². The molecule has 38 heavy (non-hydrogen) atoms. The topological polar surface area (TPSA) is 115 Å². The zero-order valence-corrected chi connectivity index (χ0v) is 22.2. The van der Waals surface area contributed by atoms with Gasteiger partial charge in [0.2, 0.25) is 5.95 Å². The number of rotatable bonds is 7. The monoisotopic (exact) mass is 515 g/mol. The Morgan fingerprint density at radius 1 is 1.24 bits per heavy atom. The first-order valence-electron chi connectivity index (χ1n) is 12.8. The van der Waals surface area contributed by atoms with Gasteiger partial charge >= 0.3 is 0 Å². The molecule has 1 fully saturated rings. The molecule has 3 aromatic heterocycles. The number of nitrogens with zero attached hydrogens (tertiary/aromatic N) is 7. The van der Waals surface area contributed by atoms with E-state index in [0.29, 0.717) is 28.8 Å². The summed E-state index contributed by atoms with van der Waals surface area (Å²) in [5, 5.41) is 11.6. The van der Waals surface area contributed by atoms with Crippen LogP contribution in [0.5, 0.6) is 0 Å². The lowest BCUT2D eigenvalue weighted by molar-refractivity contribution is 0.484. The van der Waals surface area contributed by atoms with E-state index in [-0.39, 0.29) is 23.7 Å². The third-order valence-electron chi connectivity index (χ3n) is 6.66. The number of piperazine rings is 1. The molecule has 1 aliphatic rings. The van der Waals surface area contributed by atoms with E-state index in [4.69, 9.17) is 4.98 Å². The summed E-state index contributed by atoms with van der Waals surface area (Å²) in [5.74, 6) is 0.754. The molecular weight excluding hydrogens is 482 g/mol. The smallest absolute Gasteiger partial charge is 0.278 e. The van der Waals surface area contributed by atoms with Gasteiger partial charge in [0.25, 0.3) is 11.1 Å². The van der Waals surface area contributed by atoms with E-state index in [0.717, 1.165) is 30.9 Å². The molecule has 4 aromatic rings. The minimum atomic E-state index is -0.263. The minimum Gasteiger partial charge on any atom is -0.368 e. The molecule has 2 N–H and O–H groups in total. The maximum absolute atomic E-state index is 13.2. The highest BCUT2D eigenvalue weighted by molar-refractivity contribution is 5.77. The summed E-state index contributed by atoms with van der Waals surface area (Å²) in [7, 11) is 0. The van der Waals surface area contributed by atoms with Crippen LogP contribution < -0.4 is 26.7 Å². The molecule has 0 amide bonds. The van der Waals surface area contributed by atoms with Gasteiger partial charge in [0.1, 0.15) is 5.39 Å². The van der Waals surface area contributed by atoms with Gasteiger partial charge in [0.05, 0.1) is 12.6 Å². The SMILES string of the molecule is C=CCn1c(=O)c2cnc(Nc3ccc(N4CCN[C@H](C)C4)c(C)c3)nc2n1-c1ccc(=O)n(C(C)C)n1. The van der Waals surface area contributed by atoms with Gasteiger partial charge in [-0.2, -0.15) is 4.98 Å². The van der Waals surface area contributed by atoms with Crippen molar-refractivity contribution in [3.63, 3.8) is 0 Å². The van der Waals surface area contributed by atoms with Crippen molar-refractivity contribution in [3.8, 4) is 5.82 Å². The molecule has 1 saturated heterocycles. The maximum Gasteiger partial charge on any atom is 0.278 e. The quantitative estimate of drug-likeness (QED) is 0.361. The van der Waals surface area contributed by atoms with Crippen LogP contribution in [0.15, 0.2) is 58.8 Å². The molecule has 5 rings (SSSR count). The first kappa shape index (κ1) is 25.4. The highest BCUT2D eigenvalue weighted by Crippen LogP contribution is 2.26. The summed E-state index contributed by atoms with van der Waals surface area (Å²) in [4.78, 5) is 37.0. The van der Waals surface area contributed by atoms with Crippen molar-refractivity contribution in [1.82, 2.24) is 34.4 Å². The summed E-state index contributed by atoms with van der Waals surface area (Å²) in [6, 6.07) is 9.54. The van der Waals surface area contributed by atoms with E-state index in [1.54, 1.807) is 16.8 Å². The molecular formula is C27H33N9O2. The Balaban J connectivity index is 1.54. The van der Waals surface area contributed by atoms with Crippen LogP contribution in [-0.2, 0) is 6.54 Å². The molecule has 0 saturated carbocycles. The number of fused-ring (bicyclic) bond motifs is 1. The summed E-state index contributed by atoms with van der Waals surface area (Å²) in [6.45, 7) is 15.0. The van der Waals surface area contributed by atoms with Crippen LogP contribution in [0, 0.1) is 6.92 Å². The second-order valence-electron chi connectivity index (χ2n) is 9.91. The molecule has 1 aromatic carbocycles. The fourth-order valence-corrected chi connectivity index (χ4v) is 4.87. The van der Waals surface area contributed by atoms with Crippen molar-refractivity contribution >= 4 is 28.4 Å². The summed E-state index contributed by atoms with van der Waals surface area (Å²) in [5.41, 5.74) is 3.12. The van der Waals surface area contributed by atoms with Crippen LogP contribution in [0.4, 0.5) is 17.3 Å². The third-order valence-corrected chi connectivity index (χ3v) is 6.66. The van der Waals surface area contributed by atoms with E-state index in [9.17, 15) is 9.59 Å². The van der Waals surface area contributed by atoms with Crippen molar-refractivity contribution in [2.75, 3.05) is 29.9 Å².